The van der Waals surface area contributed by atoms with E-state index in [4.69, 9.17) is 0 Å². The molecule has 0 saturated heterocycles. The van der Waals surface area contributed by atoms with Crippen molar-refractivity contribution in [2.24, 2.45) is 0 Å². The van der Waals surface area contributed by atoms with Crippen LogP contribution in [0.1, 0.15) is 20.9 Å². The summed E-state index contributed by atoms with van der Waals surface area (Å²) >= 11 is 3.99. The number of carbonyl (C=O) groups is 1. The van der Waals surface area contributed by atoms with Crippen LogP contribution in [0, 0.1) is 18.6 Å². The fourth-order valence-corrected chi connectivity index (χ4v) is 2.45. The van der Waals surface area contributed by atoms with Gasteiger partial charge in [0.25, 0.3) is 0 Å². The normalized spacial score (nSPS) is 10.6. The fourth-order valence-electron chi connectivity index (χ4n) is 1.37. The number of thiazole rings is 1. The summed E-state index contributed by atoms with van der Waals surface area (Å²) < 4.78 is 27.3. The maximum atomic E-state index is 13.7. The Morgan fingerprint density at radius 1 is 1.41 bits per heavy atom. The summed E-state index contributed by atoms with van der Waals surface area (Å²) in [7, 11) is 0. The van der Waals surface area contributed by atoms with Crippen LogP contribution in [-0.2, 0) is 0 Å². The van der Waals surface area contributed by atoms with E-state index in [0.717, 1.165) is 17.4 Å². The summed E-state index contributed by atoms with van der Waals surface area (Å²) in [5.74, 6) is -2.44. The molecule has 0 saturated carbocycles. The first-order valence-corrected chi connectivity index (χ1v) is 6.28. The molecule has 2 aromatic rings. The van der Waals surface area contributed by atoms with E-state index in [1.807, 2.05) is 0 Å². The van der Waals surface area contributed by atoms with Crippen molar-refractivity contribution in [3.8, 4) is 0 Å². The van der Waals surface area contributed by atoms with Crippen LogP contribution in [0.3, 0.4) is 0 Å². The molecule has 0 bridgehead atoms. The van der Waals surface area contributed by atoms with Gasteiger partial charge in [0.2, 0.25) is 5.78 Å². The lowest BCUT2D eigenvalue weighted by Gasteiger charge is -2.04. The third-order valence-electron chi connectivity index (χ3n) is 2.22. The summed E-state index contributed by atoms with van der Waals surface area (Å²) in [6, 6.07) is 2.28. The van der Waals surface area contributed by atoms with Crippen molar-refractivity contribution >= 4 is 33.0 Å². The fraction of sp³-hybridized carbons (Fsp3) is 0.0909. The van der Waals surface area contributed by atoms with Gasteiger partial charge in [-0.05, 0) is 35.0 Å². The van der Waals surface area contributed by atoms with Crippen LogP contribution in [0.25, 0.3) is 0 Å². The van der Waals surface area contributed by atoms with Gasteiger partial charge in [0.05, 0.1) is 26.1 Å². The Bertz CT molecular complexity index is 597. The Morgan fingerprint density at radius 3 is 2.71 bits per heavy atom. The summed E-state index contributed by atoms with van der Waals surface area (Å²) in [6.07, 6.45) is 0. The summed E-state index contributed by atoms with van der Waals surface area (Å²) in [5, 5.41) is 0. The van der Waals surface area contributed by atoms with Gasteiger partial charge in [-0.25, -0.2) is 13.8 Å². The Kier molecular flexibility index (Phi) is 3.35. The van der Waals surface area contributed by atoms with E-state index in [0.29, 0.717) is 5.69 Å². The van der Waals surface area contributed by atoms with E-state index in [1.54, 1.807) is 6.92 Å². The van der Waals surface area contributed by atoms with E-state index >= 15 is 0 Å². The van der Waals surface area contributed by atoms with Gasteiger partial charge >= 0.3 is 0 Å². The molecule has 6 heteroatoms. The molecule has 0 aliphatic heterocycles. The number of aromatic nitrogens is 1. The SMILES string of the molecule is Cc1ncsc1C(=O)c1c(F)ccc(Br)c1F. The van der Waals surface area contributed by atoms with E-state index < -0.39 is 23.0 Å². The average Bonchev–Trinajstić information content (AvgIpc) is 2.70. The standard InChI is InChI=1S/C11H6BrF2NOS/c1-5-11(17-4-15-5)10(16)8-7(13)3-2-6(12)9(8)14/h2-4H,1H3. The molecule has 0 spiro atoms. The first kappa shape index (κ1) is 12.3. The van der Waals surface area contributed by atoms with Crippen LogP contribution in [-0.4, -0.2) is 10.8 Å². The molecule has 2 nitrogen and oxygen atoms in total. The second-order valence-electron chi connectivity index (χ2n) is 3.31. The number of benzene rings is 1. The molecule has 17 heavy (non-hydrogen) atoms. The highest BCUT2D eigenvalue weighted by atomic mass is 79.9. The molecule has 0 N–H and O–H groups in total. The van der Waals surface area contributed by atoms with Crippen molar-refractivity contribution in [1.29, 1.82) is 0 Å². The lowest BCUT2D eigenvalue weighted by Crippen LogP contribution is -2.07. The minimum atomic E-state index is -0.886. The first-order chi connectivity index (χ1) is 8.02. The summed E-state index contributed by atoms with van der Waals surface area (Å²) in [4.78, 5) is 16.1. The predicted molar refractivity (Wildman–Crippen MR) is 64.3 cm³/mol. The maximum Gasteiger partial charge on any atom is 0.210 e. The second kappa shape index (κ2) is 4.62. The van der Waals surface area contributed by atoms with Crippen LogP contribution in [0.15, 0.2) is 22.1 Å². The van der Waals surface area contributed by atoms with Gasteiger partial charge < -0.3 is 0 Å². The monoisotopic (exact) mass is 317 g/mol. The van der Waals surface area contributed by atoms with Crippen LogP contribution in [0.5, 0.6) is 0 Å². The van der Waals surface area contributed by atoms with E-state index in [1.165, 1.54) is 11.6 Å². The van der Waals surface area contributed by atoms with Crippen molar-refractivity contribution in [1.82, 2.24) is 4.98 Å². The maximum absolute atomic E-state index is 13.7. The molecule has 0 amide bonds. The molecule has 0 unspecified atom stereocenters. The number of hydrogen-bond acceptors (Lipinski definition) is 3. The van der Waals surface area contributed by atoms with Gasteiger partial charge in [0.15, 0.2) is 5.82 Å². The number of aryl methyl sites for hydroxylation is 1. The highest BCUT2D eigenvalue weighted by Gasteiger charge is 2.23. The lowest BCUT2D eigenvalue weighted by atomic mass is 10.1. The van der Waals surface area contributed by atoms with Gasteiger partial charge in [-0.1, -0.05) is 0 Å². The third kappa shape index (κ3) is 2.14. The molecule has 2 rings (SSSR count). The summed E-state index contributed by atoms with van der Waals surface area (Å²) in [5.41, 5.74) is 1.39. The van der Waals surface area contributed by atoms with Crippen LogP contribution >= 0.6 is 27.3 Å². The minimum Gasteiger partial charge on any atom is -0.287 e. The van der Waals surface area contributed by atoms with E-state index in [2.05, 4.69) is 20.9 Å². The third-order valence-corrected chi connectivity index (χ3v) is 3.76. The summed E-state index contributed by atoms with van der Waals surface area (Å²) in [6.45, 7) is 1.62. The van der Waals surface area contributed by atoms with Crippen molar-refractivity contribution in [3.63, 3.8) is 0 Å². The van der Waals surface area contributed by atoms with Gasteiger partial charge in [0.1, 0.15) is 5.82 Å². The molecule has 0 aliphatic rings. The van der Waals surface area contributed by atoms with E-state index in [-0.39, 0.29) is 9.35 Å². The lowest BCUT2D eigenvalue weighted by molar-refractivity contribution is 0.103. The topological polar surface area (TPSA) is 30.0 Å². The number of carbonyl (C=O) groups excluding carboxylic acids is 1. The smallest absolute Gasteiger partial charge is 0.210 e. The number of hydrogen-bond donors (Lipinski definition) is 0. The molecular weight excluding hydrogens is 312 g/mol. The van der Waals surface area contributed by atoms with Gasteiger partial charge in [-0.2, -0.15) is 0 Å². The zero-order valence-corrected chi connectivity index (χ0v) is 11.0. The van der Waals surface area contributed by atoms with Gasteiger partial charge in [-0.15, -0.1) is 11.3 Å². The predicted octanol–water partition coefficient (Wildman–Crippen LogP) is 3.72. The number of nitrogens with zero attached hydrogens (tertiary/aromatic N) is 1. The Hall–Kier alpha value is -1.14. The quantitative estimate of drug-likeness (QED) is 0.624. The largest absolute Gasteiger partial charge is 0.287 e. The number of ketones is 1. The van der Waals surface area contributed by atoms with Crippen molar-refractivity contribution in [3.05, 3.63) is 49.9 Å². The highest BCUT2D eigenvalue weighted by Crippen LogP contribution is 2.26. The van der Waals surface area contributed by atoms with Gasteiger partial charge in [0, 0.05) is 0 Å². The highest BCUT2D eigenvalue weighted by molar-refractivity contribution is 9.10. The zero-order chi connectivity index (χ0) is 12.6. The Morgan fingerprint density at radius 2 is 2.12 bits per heavy atom. The van der Waals surface area contributed by atoms with Crippen molar-refractivity contribution in [2.45, 2.75) is 6.92 Å². The number of halogens is 3. The van der Waals surface area contributed by atoms with Crippen molar-refractivity contribution < 1.29 is 13.6 Å². The molecule has 0 atom stereocenters. The Labute approximate surface area is 108 Å². The Balaban J connectivity index is 2.59. The molecule has 0 aliphatic carbocycles. The molecule has 88 valence electrons. The minimum absolute atomic E-state index is 0.0596. The molecule has 1 aromatic heterocycles. The van der Waals surface area contributed by atoms with Crippen molar-refractivity contribution in [2.75, 3.05) is 0 Å². The van der Waals surface area contributed by atoms with Gasteiger partial charge in [-0.3, -0.25) is 4.79 Å². The number of rotatable bonds is 2. The molecule has 0 fully saturated rings. The van der Waals surface area contributed by atoms with Crippen LogP contribution in [0.4, 0.5) is 8.78 Å². The average molecular weight is 318 g/mol. The molecule has 1 aromatic carbocycles. The van der Waals surface area contributed by atoms with Crippen LogP contribution < -0.4 is 0 Å². The molecule has 1 heterocycles. The molecule has 0 radical (unpaired) electrons. The van der Waals surface area contributed by atoms with Crippen LogP contribution in [0.2, 0.25) is 0 Å². The molecular formula is C11H6BrF2NOS. The first-order valence-electron chi connectivity index (χ1n) is 4.60. The second-order valence-corrected chi connectivity index (χ2v) is 5.02. The van der Waals surface area contributed by atoms with E-state index in [9.17, 15) is 13.6 Å². The zero-order valence-electron chi connectivity index (χ0n) is 8.63.